The van der Waals surface area contributed by atoms with E-state index in [2.05, 4.69) is 22.3 Å². The Morgan fingerprint density at radius 3 is 1.98 bits per heavy atom. The fraction of sp³-hybridized carbons (Fsp3) is 0.211. The first-order chi connectivity index (χ1) is 24.2. The van der Waals surface area contributed by atoms with Gasteiger partial charge in [0.05, 0.1) is 4.90 Å². The molecular formula is C38H39N5O5S2. The summed E-state index contributed by atoms with van der Waals surface area (Å²) in [5.74, 6) is -0.646. The van der Waals surface area contributed by atoms with E-state index in [1.807, 2.05) is 83.6 Å². The molecule has 0 radical (unpaired) electrons. The number of hydrogen-bond donors (Lipinski definition) is 3. The molecule has 4 aromatic carbocycles. The summed E-state index contributed by atoms with van der Waals surface area (Å²) in [6, 6.07) is 31.5. The summed E-state index contributed by atoms with van der Waals surface area (Å²) < 4.78 is 30.6. The summed E-state index contributed by atoms with van der Waals surface area (Å²) in [4.78, 5) is 44.0. The smallest absolute Gasteiger partial charge is 0.328 e. The van der Waals surface area contributed by atoms with Crippen molar-refractivity contribution in [1.29, 1.82) is 0 Å². The molecule has 3 N–H and O–H groups in total. The predicted molar refractivity (Wildman–Crippen MR) is 195 cm³/mol. The predicted octanol–water partition coefficient (Wildman–Crippen LogP) is 6.35. The second kappa shape index (κ2) is 17.0. The summed E-state index contributed by atoms with van der Waals surface area (Å²) in [5, 5.41) is 5.82. The number of amides is 3. The highest BCUT2D eigenvalue weighted by atomic mass is 32.2. The Bertz CT molecular complexity index is 2050. The van der Waals surface area contributed by atoms with E-state index in [9.17, 15) is 22.8 Å². The van der Waals surface area contributed by atoms with Gasteiger partial charge in [-0.05, 0) is 41.0 Å². The lowest BCUT2D eigenvalue weighted by atomic mass is 10.0. The number of unbranched alkanes of at least 4 members (excludes halogenated alkanes) is 1. The van der Waals surface area contributed by atoms with Crippen LogP contribution in [0.1, 0.15) is 52.8 Å². The SMILES string of the molecule is CCCCc1nc(SC)c(C(=O)C(=O)NCc2ccccc2)n1Cc1ccc(-c2ccccc2S(=O)(=O)NC(=O)NCc2ccccc2)cc1. The van der Waals surface area contributed by atoms with Crippen LogP contribution in [0.5, 0.6) is 0 Å². The number of aryl methyl sites for hydroxylation is 1. The number of nitrogens with one attached hydrogen (secondary N) is 3. The molecule has 0 fully saturated rings. The summed E-state index contributed by atoms with van der Waals surface area (Å²) in [5.41, 5.74) is 3.83. The van der Waals surface area contributed by atoms with Gasteiger partial charge in [0.2, 0.25) is 0 Å². The molecule has 0 unspecified atom stereocenters. The second-order valence-electron chi connectivity index (χ2n) is 11.5. The van der Waals surface area contributed by atoms with E-state index in [1.54, 1.807) is 30.3 Å². The molecule has 1 aromatic heterocycles. The highest BCUT2D eigenvalue weighted by Crippen LogP contribution is 2.29. The Morgan fingerprint density at radius 1 is 0.760 bits per heavy atom. The Labute approximate surface area is 296 Å². The number of ketones is 1. The van der Waals surface area contributed by atoms with Gasteiger partial charge in [0, 0.05) is 31.6 Å². The van der Waals surface area contributed by atoms with Crippen molar-refractivity contribution >= 4 is 39.5 Å². The quantitative estimate of drug-likeness (QED) is 0.0654. The van der Waals surface area contributed by atoms with Gasteiger partial charge >= 0.3 is 6.03 Å². The van der Waals surface area contributed by atoms with Gasteiger partial charge in [-0.3, -0.25) is 9.59 Å². The van der Waals surface area contributed by atoms with E-state index >= 15 is 0 Å². The minimum absolute atomic E-state index is 0.0434. The highest BCUT2D eigenvalue weighted by Gasteiger charge is 2.28. The molecule has 0 atom stereocenters. The highest BCUT2D eigenvalue weighted by molar-refractivity contribution is 7.98. The molecule has 3 amide bonds. The van der Waals surface area contributed by atoms with Crippen LogP contribution in [0.15, 0.2) is 119 Å². The number of aromatic nitrogens is 2. The number of nitrogens with zero attached hydrogens (tertiary/aromatic N) is 2. The van der Waals surface area contributed by atoms with E-state index in [0.717, 1.165) is 29.5 Å². The van der Waals surface area contributed by atoms with Crippen LogP contribution in [-0.2, 0) is 40.9 Å². The first-order valence-electron chi connectivity index (χ1n) is 16.2. The maximum Gasteiger partial charge on any atom is 0.328 e. The van der Waals surface area contributed by atoms with Crippen molar-refractivity contribution in [3.63, 3.8) is 0 Å². The molecule has 0 aliphatic carbocycles. The zero-order valence-corrected chi connectivity index (χ0v) is 29.5. The van der Waals surface area contributed by atoms with Crippen molar-refractivity contribution in [2.45, 2.75) is 55.7 Å². The fourth-order valence-corrected chi connectivity index (χ4v) is 7.15. The van der Waals surface area contributed by atoms with Gasteiger partial charge in [-0.1, -0.05) is 116 Å². The Kier molecular flexibility index (Phi) is 12.2. The monoisotopic (exact) mass is 709 g/mol. The zero-order valence-electron chi connectivity index (χ0n) is 27.9. The Hall–Kier alpha value is -5.20. The van der Waals surface area contributed by atoms with Crippen LogP contribution in [0.25, 0.3) is 11.1 Å². The van der Waals surface area contributed by atoms with Crippen LogP contribution in [0, 0.1) is 0 Å². The topological polar surface area (TPSA) is 139 Å². The molecule has 0 spiro atoms. The van der Waals surface area contributed by atoms with Crippen LogP contribution in [0.4, 0.5) is 4.79 Å². The average Bonchev–Trinajstić information content (AvgIpc) is 3.49. The lowest BCUT2D eigenvalue weighted by Crippen LogP contribution is -2.39. The molecule has 10 nitrogen and oxygen atoms in total. The maximum atomic E-state index is 13.6. The van der Waals surface area contributed by atoms with Gasteiger partial charge in [-0.2, -0.15) is 0 Å². The van der Waals surface area contributed by atoms with Crippen LogP contribution in [-0.4, -0.2) is 41.9 Å². The molecule has 0 aliphatic heterocycles. The standard InChI is InChI=1S/C38H39N5O5S2/c1-3-4-19-33-41-37(49-2)34(35(44)36(45)39-24-27-13-7-5-8-14-27)43(33)26-29-20-22-30(23-21-29)31-17-11-12-18-32(31)50(47,48)42-38(46)40-25-28-15-9-6-10-16-28/h5-18,20-23H,3-4,19,24-26H2,1-2H3,(H,39,45)(H2,40,42,46). The van der Waals surface area contributed by atoms with E-state index in [0.29, 0.717) is 28.4 Å². The van der Waals surface area contributed by atoms with E-state index in [4.69, 9.17) is 4.98 Å². The maximum absolute atomic E-state index is 13.6. The van der Waals surface area contributed by atoms with Gasteiger partial charge < -0.3 is 15.2 Å². The van der Waals surface area contributed by atoms with Crippen LogP contribution < -0.4 is 15.4 Å². The Balaban J connectivity index is 1.36. The van der Waals surface area contributed by atoms with E-state index in [-0.39, 0.29) is 30.2 Å². The van der Waals surface area contributed by atoms with Gasteiger partial charge in [0.1, 0.15) is 16.5 Å². The molecular weight excluding hydrogens is 671 g/mol. The van der Waals surface area contributed by atoms with E-state index in [1.165, 1.54) is 17.8 Å². The molecule has 5 rings (SSSR count). The molecule has 258 valence electrons. The third kappa shape index (κ3) is 9.07. The molecule has 0 bridgehead atoms. The average molecular weight is 710 g/mol. The minimum atomic E-state index is -4.21. The number of carbonyl (C=O) groups excluding carboxylic acids is 3. The van der Waals surface area contributed by atoms with Crippen LogP contribution in [0.2, 0.25) is 0 Å². The summed E-state index contributed by atoms with van der Waals surface area (Å²) in [7, 11) is -4.21. The number of benzene rings is 4. The van der Waals surface area contributed by atoms with Crippen molar-refractivity contribution in [2.75, 3.05) is 6.26 Å². The van der Waals surface area contributed by atoms with Gasteiger partial charge in [-0.25, -0.2) is 22.9 Å². The number of urea groups is 1. The van der Waals surface area contributed by atoms with Crippen molar-refractivity contribution in [3.8, 4) is 11.1 Å². The first-order valence-corrected chi connectivity index (χ1v) is 18.9. The molecule has 50 heavy (non-hydrogen) atoms. The summed E-state index contributed by atoms with van der Waals surface area (Å²) >= 11 is 1.32. The normalized spacial score (nSPS) is 11.2. The van der Waals surface area contributed by atoms with Crippen molar-refractivity contribution in [1.82, 2.24) is 24.9 Å². The molecule has 0 aliphatic rings. The number of sulfonamides is 1. The third-order valence-corrected chi connectivity index (χ3v) is 10.0. The number of hydrogen-bond acceptors (Lipinski definition) is 7. The van der Waals surface area contributed by atoms with Gasteiger partial charge in [0.15, 0.2) is 0 Å². The lowest BCUT2D eigenvalue weighted by molar-refractivity contribution is -0.117. The number of rotatable bonds is 15. The largest absolute Gasteiger partial charge is 0.345 e. The lowest BCUT2D eigenvalue weighted by Gasteiger charge is -2.14. The first kappa shape index (κ1) is 36.1. The molecule has 5 aromatic rings. The van der Waals surface area contributed by atoms with Crippen molar-refractivity contribution in [2.24, 2.45) is 0 Å². The number of carbonyl (C=O) groups is 3. The number of imidazole rings is 1. The number of Topliss-reactive ketones (excluding diaryl/α,β-unsaturated/α-hetero) is 1. The molecule has 0 saturated carbocycles. The van der Waals surface area contributed by atoms with Crippen LogP contribution >= 0.6 is 11.8 Å². The third-order valence-electron chi connectivity index (χ3n) is 7.98. The van der Waals surface area contributed by atoms with Gasteiger partial charge in [-0.15, -0.1) is 11.8 Å². The van der Waals surface area contributed by atoms with Gasteiger partial charge in [0.25, 0.3) is 21.7 Å². The van der Waals surface area contributed by atoms with Crippen molar-refractivity contribution < 1.29 is 22.8 Å². The van der Waals surface area contributed by atoms with Crippen LogP contribution in [0.3, 0.4) is 0 Å². The minimum Gasteiger partial charge on any atom is -0.345 e. The number of thioether (sulfide) groups is 1. The van der Waals surface area contributed by atoms with E-state index < -0.39 is 27.7 Å². The summed E-state index contributed by atoms with van der Waals surface area (Å²) in [6.07, 6.45) is 4.26. The zero-order chi connectivity index (χ0) is 35.5. The summed E-state index contributed by atoms with van der Waals surface area (Å²) in [6.45, 7) is 2.76. The van der Waals surface area contributed by atoms with Crippen molar-refractivity contribution in [3.05, 3.63) is 137 Å². The Morgan fingerprint density at radius 2 is 1.36 bits per heavy atom. The molecule has 12 heteroatoms. The second-order valence-corrected chi connectivity index (χ2v) is 14.0. The fourth-order valence-electron chi connectivity index (χ4n) is 5.40. The molecule has 0 saturated heterocycles. The molecule has 1 heterocycles.